The van der Waals surface area contributed by atoms with Crippen LogP contribution in [0.4, 0.5) is 20.2 Å². The fourth-order valence-corrected chi connectivity index (χ4v) is 2.12. The summed E-state index contributed by atoms with van der Waals surface area (Å²) in [5.74, 6) is -1.08. The van der Waals surface area contributed by atoms with Gasteiger partial charge in [-0.25, -0.2) is 8.78 Å². The number of nitro benzene ring substituents is 1. The molecule has 0 saturated carbocycles. The highest BCUT2D eigenvalue weighted by Gasteiger charge is 2.20. The van der Waals surface area contributed by atoms with Crippen LogP contribution in [0.2, 0.25) is 0 Å². The van der Waals surface area contributed by atoms with Crippen LogP contribution >= 0.6 is 0 Å². The van der Waals surface area contributed by atoms with Gasteiger partial charge in [-0.15, -0.1) is 0 Å². The number of nitrogens with zero attached hydrogens (tertiary/aromatic N) is 1. The molecule has 0 spiro atoms. The average molecular weight is 292 g/mol. The summed E-state index contributed by atoms with van der Waals surface area (Å²) in [6.07, 6.45) is 0.523. The highest BCUT2D eigenvalue weighted by atomic mass is 19.1. The molecule has 0 bridgehead atoms. The van der Waals surface area contributed by atoms with Crippen LogP contribution in [-0.2, 0) is 0 Å². The van der Waals surface area contributed by atoms with Gasteiger partial charge in [-0.1, -0.05) is 25.1 Å². The molecule has 0 aliphatic heterocycles. The number of hydrogen-bond acceptors (Lipinski definition) is 3. The summed E-state index contributed by atoms with van der Waals surface area (Å²) in [6.45, 7) is 1.83. The van der Waals surface area contributed by atoms with Gasteiger partial charge in [0.25, 0.3) is 5.69 Å². The van der Waals surface area contributed by atoms with Crippen LogP contribution in [-0.4, -0.2) is 4.92 Å². The number of nitrogens with one attached hydrogen (secondary N) is 1. The van der Waals surface area contributed by atoms with Crippen molar-refractivity contribution in [3.8, 4) is 0 Å². The lowest BCUT2D eigenvalue weighted by molar-refractivity contribution is -0.384. The molecule has 0 radical (unpaired) electrons. The van der Waals surface area contributed by atoms with Crippen molar-refractivity contribution in [1.29, 1.82) is 0 Å². The Balaban J connectivity index is 2.36. The Kier molecular flexibility index (Phi) is 4.47. The summed E-state index contributed by atoms with van der Waals surface area (Å²) in [4.78, 5) is 10.3. The molecule has 0 aliphatic carbocycles. The first-order valence-electron chi connectivity index (χ1n) is 6.47. The first-order valence-corrected chi connectivity index (χ1v) is 6.47. The Labute approximate surface area is 120 Å². The van der Waals surface area contributed by atoms with Crippen LogP contribution < -0.4 is 5.32 Å². The number of benzene rings is 2. The average Bonchev–Trinajstić information content (AvgIpc) is 2.46. The summed E-state index contributed by atoms with van der Waals surface area (Å²) in [6, 6.07) is 9.05. The van der Waals surface area contributed by atoms with Gasteiger partial charge in [0.1, 0.15) is 17.3 Å². The van der Waals surface area contributed by atoms with Crippen molar-refractivity contribution in [3.63, 3.8) is 0 Å². The van der Waals surface area contributed by atoms with Gasteiger partial charge in [0.05, 0.1) is 17.0 Å². The van der Waals surface area contributed by atoms with Gasteiger partial charge < -0.3 is 5.32 Å². The zero-order chi connectivity index (χ0) is 15.4. The van der Waals surface area contributed by atoms with E-state index in [0.717, 1.165) is 12.1 Å². The molecule has 2 rings (SSSR count). The molecule has 1 atom stereocenters. The molecule has 21 heavy (non-hydrogen) atoms. The maximum absolute atomic E-state index is 13.8. The number of halogens is 2. The van der Waals surface area contributed by atoms with E-state index >= 15 is 0 Å². The second-order valence-electron chi connectivity index (χ2n) is 4.55. The van der Waals surface area contributed by atoms with Crippen molar-refractivity contribution in [3.05, 3.63) is 69.8 Å². The third-order valence-corrected chi connectivity index (χ3v) is 3.18. The Morgan fingerprint density at radius 2 is 1.95 bits per heavy atom. The molecule has 0 saturated heterocycles. The molecule has 6 heteroatoms. The lowest BCUT2D eigenvalue weighted by atomic mass is 10.0. The first kappa shape index (κ1) is 14.9. The van der Waals surface area contributed by atoms with E-state index in [4.69, 9.17) is 0 Å². The lowest BCUT2D eigenvalue weighted by Crippen LogP contribution is -2.12. The maximum Gasteiger partial charge on any atom is 0.295 e. The number of nitro groups is 1. The topological polar surface area (TPSA) is 55.2 Å². The summed E-state index contributed by atoms with van der Waals surface area (Å²) >= 11 is 0. The van der Waals surface area contributed by atoms with Gasteiger partial charge in [0.2, 0.25) is 0 Å². The Morgan fingerprint density at radius 3 is 2.57 bits per heavy atom. The Morgan fingerprint density at radius 1 is 1.24 bits per heavy atom. The standard InChI is InChI=1S/C15H14F2N2O2/c1-2-13(11-5-3-4-6-12(11)17)18-14-8-7-10(16)9-15(14)19(20)21/h3-9,13,18H,2H2,1H3. The van der Waals surface area contributed by atoms with Crippen LogP contribution in [0.5, 0.6) is 0 Å². The van der Waals surface area contributed by atoms with E-state index in [9.17, 15) is 18.9 Å². The first-order chi connectivity index (χ1) is 10.0. The van der Waals surface area contributed by atoms with Crippen molar-refractivity contribution < 1.29 is 13.7 Å². The fourth-order valence-electron chi connectivity index (χ4n) is 2.12. The van der Waals surface area contributed by atoms with Crippen molar-refractivity contribution in [1.82, 2.24) is 0 Å². The molecule has 4 nitrogen and oxygen atoms in total. The predicted molar refractivity (Wildman–Crippen MR) is 76.1 cm³/mol. The van der Waals surface area contributed by atoms with Crippen LogP contribution in [0.25, 0.3) is 0 Å². The molecular weight excluding hydrogens is 278 g/mol. The molecular formula is C15H14F2N2O2. The van der Waals surface area contributed by atoms with E-state index in [-0.39, 0.29) is 17.2 Å². The summed E-state index contributed by atoms with van der Waals surface area (Å²) in [5.41, 5.74) is 0.208. The van der Waals surface area contributed by atoms with E-state index < -0.39 is 16.8 Å². The van der Waals surface area contributed by atoms with Crippen LogP contribution in [0, 0.1) is 21.7 Å². The van der Waals surface area contributed by atoms with Crippen molar-refractivity contribution in [2.75, 3.05) is 5.32 Å². The van der Waals surface area contributed by atoms with E-state index in [1.54, 1.807) is 18.2 Å². The lowest BCUT2D eigenvalue weighted by Gasteiger charge is -2.19. The molecule has 0 heterocycles. The van der Waals surface area contributed by atoms with Gasteiger partial charge >= 0.3 is 0 Å². The van der Waals surface area contributed by atoms with Crippen molar-refractivity contribution in [2.24, 2.45) is 0 Å². The quantitative estimate of drug-likeness (QED) is 0.655. The zero-order valence-corrected chi connectivity index (χ0v) is 11.3. The van der Waals surface area contributed by atoms with Crippen LogP contribution in [0.15, 0.2) is 42.5 Å². The van der Waals surface area contributed by atoms with Gasteiger partial charge in [0, 0.05) is 5.56 Å². The number of hydrogen-bond donors (Lipinski definition) is 1. The van der Waals surface area contributed by atoms with Crippen molar-refractivity contribution >= 4 is 11.4 Å². The van der Waals surface area contributed by atoms with Crippen molar-refractivity contribution in [2.45, 2.75) is 19.4 Å². The summed E-state index contributed by atoms with van der Waals surface area (Å²) < 4.78 is 26.9. The van der Waals surface area contributed by atoms with E-state index in [2.05, 4.69) is 5.32 Å². The molecule has 2 aromatic carbocycles. The zero-order valence-electron chi connectivity index (χ0n) is 11.3. The molecule has 0 amide bonds. The molecule has 0 aliphatic rings. The van der Waals surface area contributed by atoms with E-state index in [1.165, 1.54) is 12.1 Å². The number of rotatable bonds is 5. The molecule has 0 aromatic heterocycles. The Bertz CT molecular complexity index is 662. The SMILES string of the molecule is CCC(Nc1ccc(F)cc1[N+](=O)[O-])c1ccccc1F. The second kappa shape index (κ2) is 6.30. The molecule has 110 valence electrons. The molecule has 0 fully saturated rings. The minimum absolute atomic E-state index is 0.163. The third-order valence-electron chi connectivity index (χ3n) is 3.18. The minimum Gasteiger partial charge on any atom is -0.373 e. The van der Waals surface area contributed by atoms with E-state index in [0.29, 0.717) is 12.0 Å². The molecule has 1 unspecified atom stereocenters. The second-order valence-corrected chi connectivity index (χ2v) is 4.55. The molecule has 1 N–H and O–H groups in total. The summed E-state index contributed by atoms with van der Waals surface area (Å²) in [7, 11) is 0. The smallest absolute Gasteiger partial charge is 0.295 e. The number of anilines is 1. The minimum atomic E-state index is -0.689. The predicted octanol–water partition coefficient (Wildman–Crippen LogP) is 4.44. The normalized spacial score (nSPS) is 12.0. The van der Waals surface area contributed by atoms with Gasteiger partial charge in [-0.3, -0.25) is 10.1 Å². The maximum atomic E-state index is 13.8. The van der Waals surface area contributed by atoms with Gasteiger partial charge in [-0.05, 0) is 24.6 Å². The van der Waals surface area contributed by atoms with Crippen LogP contribution in [0.1, 0.15) is 24.9 Å². The monoisotopic (exact) mass is 292 g/mol. The van der Waals surface area contributed by atoms with E-state index in [1.807, 2.05) is 6.92 Å². The Hall–Kier alpha value is -2.50. The third kappa shape index (κ3) is 3.34. The summed E-state index contributed by atoms with van der Waals surface area (Å²) in [5, 5.41) is 13.9. The molecule has 2 aromatic rings. The highest BCUT2D eigenvalue weighted by molar-refractivity contribution is 5.62. The highest BCUT2D eigenvalue weighted by Crippen LogP contribution is 2.31. The van der Waals surface area contributed by atoms with Gasteiger partial charge in [0.15, 0.2) is 0 Å². The fraction of sp³-hybridized carbons (Fsp3) is 0.200. The largest absolute Gasteiger partial charge is 0.373 e. The van der Waals surface area contributed by atoms with Crippen LogP contribution in [0.3, 0.4) is 0 Å². The van der Waals surface area contributed by atoms with Gasteiger partial charge in [-0.2, -0.15) is 0 Å².